The van der Waals surface area contributed by atoms with Crippen LogP contribution in [-0.4, -0.2) is 25.4 Å². The summed E-state index contributed by atoms with van der Waals surface area (Å²) >= 11 is 3.56. The molecule has 0 atom stereocenters. The van der Waals surface area contributed by atoms with Crippen molar-refractivity contribution in [3.63, 3.8) is 0 Å². The Morgan fingerprint density at radius 3 is 2.53 bits per heavy atom. The van der Waals surface area contributed by atoms with Gasteiger partial charge in [0.25, 0.3) is 0 Å². The summed E-state index contributed by atoms with van der Waals surface area (Å²) < 4.78 is 12.2. The van der Waals surface area contributed by atoms with Crippen molar-refractivity contribution in [1.82, 2.24) is 5.32 Å². The Bertz CT molecular complexity index is 380. The number of benzene rings is 1. The van der Waals surface area contributed by atoms with Gasteiger partial charge >= 0.3 is 0 Å². The summed E-state index contributed by atoms with van der Waals surface area (Å²) in [6.07, 6.45) is 0.249. The minimum atomic E-state index is 0.249. The second-order valence-corrected chi connectivity index (χ2v) is 5.91. The Morgan fingerprint density at radius 1 is 1.16 bits per heavy atom. The van der Waals surface area contributed by atoms with E-state index >= 15 is 0 Å². The van der Waals surface area contributed by atoms with Crippen LogP contribution in [0.5, 0.6) is 5.75 Å². The molecule has 0 heterocycles. The molecule has 0 unspecified atom stereocenters. The maximum Gasteiger partial charge on any atom is 0.119 e. The second-order valence-electron chi connectivity index (χ2n) is 5.06. The van der Waals surface area contributed by atoms with E-state index in [9.17, 15) is 0 Å². The van der Waals surface area contributed by atoms with Crippen molar-refractivity contribution in [2.45, 2.75) is 46.4 Å². The van der Waals surface area contributed by atoms with Gasteiger partial charge in [0.1, 0.15) is 12.4 Å². The molecule has 1 aromatic rings. The summed E-state index contributed by atoms with van der Waals surface area (Å²) in [5.41, 5.74) is 1.20. The third-order valence-corrected chi connectivity index (χ3v) is 3.29. The van der Waals surface area contributed by atoms with Crippen LogP contribution < -0.4 is 10.1 Å². The molecule has 0 bridgehead atoms. The van der Waals surface area contributed by atoms with Crippen LogP contribution in [0.1, 0.15) is 33.3 Å². The van der Waals surface area contributed by atoms with E-state index < -0.39 is 0 Å². The van der Waals surface area contributed by atoms with Gasteiger partial charge in [0.05, 0.1) is 12.7 Å². The molecule has 4 heteroatoms. The van der Waals surface area contributed by atoms with Crippen LogP contribution in [0.3, 0.4) is 0 Å². The second kappa shape index (κ2) is 8.56. The van der Waals surface area contributed by atoms with Crippen LogP contribution in [-0.2, 0) is 11.3 Å². The Morgan fingerprint density at radius 2 is 1.89 bits per heavy atom. The SMILES string of the molecule is CC(C)NCc1cc(OCCOC(C)C)ccc1Br. The molecular formula is C15H24BrNO2. The maximum absolute atomic E-state index is 5.69. The van der Waals surface area contributed by atoms with Crippen molar-refractivity contribution >= 4 is 15.9 Å². The van der Waals surface area contributed by atoms with E-state index in [-0.39, 0.29) is 6.10 Å². The largest absolute Gasteiger partial charge is 0.491 e. The van der Waals surface area contributed by atoms with Gasteiger partial charge in [-0.1, -0.05) is 29.8 Å². The molecule has 0 fully saturated rings. The molecule has 108 valence electrons. The number of hydrogen-bond acceptors (Lipinski definition) is 3. The van der Waals surface area contributed by atoms with E-state index in [2.05, 4.69) is 41.2 Å². The van der Waals surface area contributed by atoms with Gasteiger partial charge in [-0.2, -0.15) is 0 Å². The molecule has 0 saturated heterocycles. The number of halogens is 1. The van der Waals surface area contributed by atoms with Gasteiger partial charge in [-0.25, -0.2) is 0 Å². The van der Waals surface area contributed by atoms with Gasteiger partial charge in [-0.05, 0) is 37.6 Å². The van der Waals surface area contributed by atoms with Crippen molar-refractivity contribution < 1.29 is 9.47 Å². The minimum Gasteiger partial charge on any atom is -0.491 e. The van der Waals surface area contributed by atoms with Crippen molar-refractivity contribution in [3.05, 3.63) is 28.2 Å². The fourth-order valence-electron chi connectivity index (χ4n) is 1.53. The molecular weight excluding hydrogens is 306 g/mol. The molecule has 1 aromatic carbocycles. The van der Waals surface area contributed by atoms with Gasteiger partial charge in [-0.15, -0.1) is 0 Å². The van der Waals surface area contributed by atoms with Crippen LogP contribution in [0, 0.1) is 0 Å². The Kier molecular flexibility index (Phi) is 7.42. The van der Waals surface area contributed by atoms with Crippen molar-refractivity contribution in [2.24, 2.45) is 0 Å². The maximum atomic E-state index is 5.69. The van der Waals surface area contributed by atoms with Gasteiger partial charge < -0.3 is 14.8 Å². The third kappa shape index (κ3) is 6.95. The standard InChI is InChI=1S/C15H24BrNO2/c1-11(2)17-10-13-9-14(5-6-15(13)16)19-8-7-18-12(3)4/h5-6,9,11-12,17H,7-8,10H2,1-4H3. The lowest BCUT2D eigenvalue weighted by atomic mass is 10.2. The van der Waals surface area contributed by atoms with Gasteiger partial charge in [0, 0.05) is 17.1 Å². The monoisotopic (exact) mass is 329 g/mol. The zero-order valence-electron chi connectivity index (χ0n) is 12.2. The highest BCUT2D eigenvalue weighted by atomic mass is 79.9. The molecule has 0 aliphatic heterocycles. The van der Waals surface area contributed by atoms with Crippen molar-refractivity contribution in [2.75, 3.05) is 13.2 Å². The topological polar surface area (TPSA) is 30.5 Å². The van der Waals surface area contributed by atoms with Crippen LogP contribution in [0.25, 0.3) is 0 Å². The van der Waals surface area contributed by atoms with Crippen molar-refractivity contribution in [3.8, 4) is 5.75 Å². The van der Waals surface area contributed by atoms with E-state index in [0.29, 0.717) is 19.3 Å². The van der Waals surface area contributed by atoms with Crippen LogP contribution >= 0.6 is 15.9 Å². The lowest BCUT2D eigenvalue weighted by Crippen LogP contribution is -2.22. The first-order valence-corrected chi connectivity index (χ1v) is 7.54. The normalized spacial score (nSPS) is 11.3. The number of hydrogen-bond donors (Lipinski definition) is 1. The molecule has 0 amide bonds. The van der Waals surface area contributed by atoms with Gasteiger partial charge in [0.2, 0.25) is 0 Å². The van der Waals surface area contributed by atoms with E-state index in [4.69, 9.17) is 9.47 Å². The molecule has 0 radical (unpaired) electrons. The first-order chi connectivity index (χ1) is 8.99. The molecule has 3 nitrogen and oxygen atoms in total. The fourth-order valence-corrected chi connectivity index (χ4v) is 1.92. The Labute approximate surface area is 124 Å². The highest BCUT2D eigenvalue weighted by Crippen LogP contribution is 2.22. The lowest BCUT2D eigenvalue weighted by Gasteiger charge is -2.13. The average molecular weight is 330 g/mol. The highest BCUT2D eigenvalue weighted by Gasteiger charge is 2.04. The zero-order chi connectivity index (χ0) is 14.3. The number of nitrogens with one attached hydrogen (secondary N) is 1. The molecule has 0 aliphatic rings. The Balaban J connectivity index is 2.48. The highest BCUT2D eigenvalue weighted by molar-refractivity contribution is 9.10. The van der Waals surface area contributed by atoms with Crippen molar-refractivity contribution in [1.29, 1.82) is 0 Å². The molecule has 1 rings (SSSR count). The van der Waals surface area contributed by atoms with Gasteiger partial charge in [-0.3, -0.25) is 0 Å². The quantitative estimate of drug-likeness (QED) is 0.737. The molecule has 0 aromatic heterocycles. The predicted octanol–water partition coefficient (Wildman–Crippen LogP) is 3.75. The van der Waals surface area contributed by atoms with Gasteiger partial charge in [0.15, 0.2) is 0 Å². The molecule has 19 heavy (non-hydrogen) atoms. The van der Waals surface area contributed by atoms with E-state index in [1.54, 1.807) is 0 Å². The summed E-state index contributed by atoms with van der Waals surface area (Å²) in [5, 5.41) is 3.40. The van der Waals surface area contributed by atoms with Crippen LogP contribution in [0.15, 0.2) is 22.7 Å². The molecule has 1 N–H and O–H groups in total. The zero-order valence-corrected chi connectivity index (χ0v) is 13.8. The van der Waals surface area contributed by atoms with Crippen LogP contribution in [0.2, 0.25) is 0 Å². The van der Waals surface area contributed by atoms with E-state index in [1.165, 1.54) is 5.56 Å². The predicted molar refractivity (Wildman–Crippen MR) is 82.7 cm³/mol. The average Bonchev–Trinajstić information content (AvgIpc) is 2.34. The fraction of sp³-hybridized carbons (Fsp3) is 0.600. The Hall–Kier alpha value is -0.580. The minimum absolute atomic E-state index is 0.249. The number of ether oxygens (including phenoxy) is 2. The molecule has 0 aliphatic carbocycles. The summed E-state index contributed by atoms with van der Waals surface area (Å²) in [5.74, 6) is 0.885. The molecule has 0 saturated carbocycles. The van der Waals surface area contributed by atoms with E-state index in [0.717, 1.165) is 16.8 Å². The smallest absolute Gasteiger partial charge is 0.119 e. The summed E-state index contributed by atoms with van der Waals surface area (Å²) in [6.45, 7) is 10.3. The van der Waals surface area contributed by atoms with E-state index in [1.807, 2.05) is 26.0 Å². The van der Waals surface area contributed by atoms with Crippen LogP contribution in [0.4, 0.5) is 0 Å². The molecule has 0 spiro atoms. The summed E-state index contributed by atoms with van der Waals surface area (Å²) in [7, 11) is 0. The summed E-state index contributed by atoms with van der Waals surface area (Å²) in [4.78, 5) is 0. The summed E-state index contributed by atoms with van der Waals surface area (Å²) in [6, 6.07) is 6.53. The third-order valence-electron chi connectivity index (χ3n) is 2.52. The number of rotatable bonds is 8. The lowest BCUT2D eigenvalue weighted by molar-refractivity contribution is 0.0552. The first-order valence-electron chi connectivity index (χ1n) is 6.75. The first kappa shape index (κ1) is 16.5.